The highest BCUT2D eigenvalue weighted by Crippen LogP contribution is 2.01. The summed E-state index contributed by atoms with van der Waals surface area (Å²) in [6, 6.07) is 0. The maximum atomic E-state index is 4.33. The van der Waals surface area contributed by atoms with Gasteiger partial charge in [0.25, 0.3) is 0 Å². The van der Waals surface area contributed by atoms with Gasteiger partial charge in [-0.1, -0.05) is 40.5 Å². The summed E-state index contributed by atoms with van der Waals surface area (Å²) in [4.78, 5) is 0. The molecule has 0 N–H and O–H groups in total. The standard InChI is InChI=1S/C12H24N2/c1-5-9-11(7-3)13-14-12(8-4)10-6-2/h5-10H2,1-4H3/b13-11+,14-12+. The first-order chi connectivity index (χ1) is 6.78. The Kier molecular flexibility index (Phi) is 8.50. The number of hydrogen-bond donors (Lipinski definition) is 0. The Balaban J connectivity index is 4.28. The van der Waals surface area contributed by atoms with E-state index in [-0.39, 0.29) is 0 Å². The van der Waals surface area contributed by atoms with Crippen molar-refractivity contribution in [1.82, 2.24) is 0 Å². The molecule has 0 bridgehead atoms. The van der Waals surface area contributed by atoms with Crippen LogP contribution in [0.4, 0.5) is 0 Å². The Hall–Kier alpha value is -0.660. The van der Waals surface area contributed by atoms with Gasteiger partial charge in [-0.25, -0.2) is 0 Å². The normalized spacial score (nSPS) is 13.4. The van der Waals surface area contributed by atoms with Gasteiger partial charge >= 0.3 is 0 Å². The predicted molar refractivity (Wildman–Crippen MR) is 65.3 cm³/mol. The second-order valence-electron chi connectivity index (χ2n) is 3.54. The van der Waals surface area contributed by atoms with Crippen LogP contribution >= 0.6 is 0 Å². The molecule has 0 amide bonds. The first-order valence-corrected chi connectivity index (χ1v) is 5.89. The van der Waals surface area contributed by atoms with Gasteiger partial charge in [0.05, 0.1) is 0 Å². The van der Waals surface area contributed by atoms with Crippen molar-refractivity contribution < 1.29 is 0 Å². The van der Waals surface area contributed by atoms with Gasteiger partial charge in [-0.2, -0.15) is 10.2 Å². The van der Waals surface area contributed by atoms with E-state index >= 15 is 0 Å². The van der Waals surface area contributed by atoms with Crippen LogP contribution in [-0.4, -0.2) is 11.4 Å². The summed E-state index contributed by atoms with van der Waals surface area (Å²) >= 11 is 0. The zero-order chi connectivity index (χ0) is 10.8. The van der Waals surface area contributed by atoms with Crippen LogP contribution in [0.1, 0.15) is 66.2 Å². The summed E-state index contributed by atoms with van der Waals surface area (Å²) < 4.78 is 0. The lowest BCUT2D eigenvalue weighted by molar-refractivity contribution is 0.933. The smallest absolute Gasteiger partial charge is 0.0403 e. The fourth-order valence-electron chi connectivity index (χ4n) is 1.31. The number of nitrogens with zero attached hydrogens (tertiary/aromatic N) is 2. The van der Waals surface area contributed by atoms with Gasteiger partial charge in [-0.3, -0.25) is 0 Å². The molecule has 0 unspecified atom stereocenters. The third-order valence-corrected chi connectivity index (χ3v) is 2.23. The topological polar surface area (TPSA) is 24.7 Å². The molecule has 0 aromatic carbocycles. The molecule has 0 heterocycles. The molecule has 14 heavy (non-hydrogen) atoms. The minimum atomic E-state index is 1.03. The van der Waals surface area contributed by atoms with Crippen molar-refractivity contribution in [2.24, 2.45) is 10.2 Å². The van der Waals surface area contributed by atoms with E-state index < -0.39 is 0 Å². The molecule has 0 fully saturated rings. The highest BCUT2D eigenvalue weighted by atomic mass is 15.2. The second-order valence-corrected chi connectivity index (χ2v) is 3.54. The van der Waals surface area contributed by atoms with Crippen molar-refractivity contribution in [2.45, 2.75) is 66.2 Å². The minimum Gasteiger partial charge on any atom is -0.160 e. The molecule has 2 heteroatoms. The van der Waals surface area contributed by atoms with E-state index in [1.54, 1.807) is 0 Å². The zero-order valence-corrected chi connectivity index (χ0v) is 10.1. The molecule has 0 spiro atoms. The maximum absolute atomic E-state index is 4.33. The SMILES string of the molecule is CCC/C(CC)=N/N=C(\CC)CCC. The summed E-state index contributed by atoms with van der Waals surface area (Å²) in [6.07, 6.45) is 6.56. The van der Waals surface area contributed by atoms with E-state index in [1.807, 2.05) is 0 Å². The highest BCUT2D eigenvalue weighted by Gasteiger charge is 1.96. The Morgan fingerprint density at radius 1 is 0.714 bits per heavy atom. The lowest BCUT2D eigenvalue weighted by Gasteiger charge is -2.00. The van der Waals surface area contributed by atoms with Gasteiger partial charge < -0.3 is 0 Å². The van der Waals surface area contributed by atoms with Crippen LogP contribution in [0.15, 0.2) is 10.2 Å². The summed E-state index contributed by atoms with van der Waals surface area (Å²) in [5.41, 5.74) is 2.46. The van der Waals surface area contributed by atoms with E-state index in [0.717, 1.165) is 38.5 Å². The fraction of sp³-hybridized carbons (Fsp3) is 0.833. The van der Waals surface area contributed by atoms with Gasteiger partial charge in [-0.15, -0.1) is 0 Å². The molecule has 0 atom stereocenters. The molecule has 0 aliphatic carbocycles. The van der Waals surface area contributed by atoms with Crippen molar-refractivity contribution in [3.8, 4) is 0 Å². The quantitative estimate of drug-likeness (QED) is 0.430. The first-order valence-electron chi connectivity index (χ1n) is 5.89. The van der Waals surface area contributed by atoms with Gasteiger partial charge in [0.2, 0.25) is 0 Å². The Morgan fingerprint density at radius 2 is 1.07 bits per heavy atom. The average molecular weight is 196 g/mol. The molecule has 0 aromatic rings. The van der Waals surface area contributed by atoms with Crippen LogP contribution in [0, 0.1) is 0 Å². The molecular formula is C12H24N2. The average Bonchev–Trinajstić information content (AvgIpc) is 2.22. The third-order valence-electron chi connectivity index (χ3n) is 2.23. The second kappa shape index (κ2) is 8.92. The largest absolute Gasteiger partial charge is 0.160 e. The summed E-state index contributed by atoms with van der Waals surface area (Å²) in [5.74, 6) is 0. The molecule has 82 valence electrons. The van der Waals surface area contributed by atoms with Crippen LogP contribution in [-0.2, 0) is 0 Å². The Morgan fingerprint density at radius 3 is 1.29 bits per heavy atom. The molecule has 0 radical (unpaired) electrons. The molecule has 0 aliphatic heterocycles. The first kappa shape index (κ1) is 13.3. The van der Waals surface area contributed by atoms with Crippen LogP contribution in [0.2, 0.25) is 0 Å². The van der Waals surface area contributed by atoms with Crippen molar-refractivity contribution in [3.63, 3.8) is 0 Å². The van der Waals surface area contributed by atoms with Crippen molar-refractivity contribution in [1.29, 1.82) is 0 Å². The van der Waals surface area contributed by atoms with Crippen LogP contribution in [0.5, 0.6) is 0 Å². The van der Waals surface area contributed by atoms with Crippen molar-refractivity contribution in [3.05, 3.63) is 0 Å². The van der Waals surface area contributed by atoms with E-state index in [1.165, 1.54) is 11.4 Å². The lowest BCUT2D eigenvalue weighted by atomic mass is 10.2. The van der Waals surface area contributed by atoms with Crippen molar-refractivity contribution >= 4 is 11.4 Å². The number of rotatable bonds is 7. The minimum absolute atomic E-state index is 1.03. The van der Waals surface area contributed by atoms with Gasteiger partial charge in [0.1, 0.15) is 0 Å². The molecular weight excluding hydrogens is 172 g/mol. The summed E-state index contributed by atoms with van der Waals surface area (Å²) in [7, 11) is 0. The van der Waals surface area contributed by atoms with E-state index in [0.29, 0.717) is 0 Å². The Bertz CT molecular complexity index is 170. The van der Waals surface area contributed by atoms with Gasteiger partial charge in [0, 0.05) is 11.4 Å². The molecule has 0 aromatic heterocycles. The van der Waals surface area contributed by atoms with E-state index in [9.17, 15) is 0 Å². The molecule has 0 saturated heterocycles. The van der Waals surface area contributed by atoms with Crippen LogP contribution in [0.25, 0.3) is 0 Å². The van der Waals surface area contributed by atoms with Crippen molar-refractivity contribution in [2.75, 3.05) is 0 Å². The fourth-order valence-corrected chi connectivity index (χ4v) is 1.31. The van der Waals surface area contributed by atoms with Gasteiger partial charge in [-0.05, 0) is 25.7 Å². The maximum Gasteiger partial charge on any atom is 0.0403 e. The third kappa shape index (κ3) is 5.90. The lowest BCUT2D eigenvalue weighted by Crippen LogP contribution is -1.98. The predicted octanol–water partition coefficient (Wildman–Crippen LogP) is 4.20. The molecule has 0 rings (SSSR count). The highest BCUT2D eigenvalue weighted by molar-refractivity contribution is 5.87. The molecule has 0 saturated carbocycles. The summed E-state index contributed by atoms with van der Waals surface area (Å²) in [5, 5.41) is 8.65. The number of hydrogen-bond acceptors (Lipinski definition) is 2. The van der Waals surface area contributed by atoms with Crippen LogP contribution < -0.4 is 0 Å². The van der Waals surface area contributed by atoms with Crippen LogP contribution in [0.3, 0.4) is 0 Å². The van der Waals surface area contributed by atoms with E-state index in [2.05, 4.69) is 37.9 Å². The summed E-state index contributed by atoms with van der Waals surface area (Å²) in [6.45, 7) is 8.66. The van der Waals surface area contributed by atoms with E-state index in [4.69, 9.17) is 0 Å². The molecule has 0 aliphatic rings. The zero-order valence-electron chi connectivity index (χ0n) is 10.1. The molecule has 2 nitrogen and oxygen atoms in total. The van der Waals surface area contributed by atoms with Gasteiger partial charge in [0.15, 0.2) is 0 Å². The Labute approximate surface area is 88.5 Å². The monoisotopic (exact) mass is 196 g/mol.